The Morgan fingerprint density at radius 3 is 3.25 bits per heavy atom. The SMILES string of the molecule is Clc1ccc2c(c1)[C@H]1O[C@H]1CC2. The normalized spacial score (nSPS) is 30.8. The van der Waals surface area contributed by atoms with E-state index in [1.165, 1.54) is 17.5 Å². The number of fused-ring (bicyclic) bond motifs is 3. The molecule has 62 valence electrons. The van der Waals surface area contributed by atoms with Gasteiger partial charge >= 0.3 is 0 Å². The van der Waals surface area contributed by atoms with Crippen LogP contribution < -0.4 is 0 Å². The first-order valence-corrected chi connectivity index (χ1v) is 4.66. The van der Waals surface area contributed by atoms with Crippen LogP contribution in [0.1, 0.15) is 23.7 Å². The molecule has 1 nitrogen and oxygen atoms in total. The van der Waals surface area contributed by atoms with Gasteiger partial charge in [-0.15, -0.1) is 0 Å². The van der Waals surface area contributed by atoms with E-state index < -0.39 is 0 Å². The van der Waals surface area contributed by atoms with Crippen molar-refractivity contribution in [2.24, 2.45) is 0 Å². The maximum absolute atomic E-state index is 5.90. The van der Waals surface area contributed by atoms with Gasteiger partial charge in [0.05, 0.1) is 6.10 Å². The molecule has 0 N–H and O–H groups in total. The average Bonchev–Trinajstić information content (AvgIpc) is 2.82. The van der Waals surface area contributed by atoms with Gasteiger partial charge in [-0.2, -0.15) is 0 Å². The van der Waals surface area contributed by atoms with Gasteiger partial charge in [-0.1, -0.05) is 17.7 Å². The molecule has 0 unspecified atom stereocenters. The number of halogens is 1. The molecule has 1 aliphatic carbocycles. The largest absolute Gasteiger partial charge is 0.364 e. The Hall–Kier alpha value is -0.530. The third kappa shape index (κ3) is 0.900. The van der Waals surface area contributed by atoms with Gasteiger partial charge in [0.15, 0.2) is 0 Å². The quantitative estimate of drug-likeness (QED) is 0.560. The molecule has 1 aliphatic heterocycles. The number of ether oxygens (including phenoxy) is 1. The fourth-order valence-corrected chi connectivity index (χ4v) is 2.17. The zero-order valence-electron chi connectivity index (χ0n) is 6.59. The molecule has 1 fully saturated rings. The van der Waals surface area contributed by atoms with E-state index in [1.807, 2.05) is 12.1 Å². The molecule has 3 rings (SSSR count). The number of benzene rings is 1. The van der Waals surface area contributed by atoms with E-state index in [2.05, 4.69) is 6.07 Å². The lowest BCUT2D eigenvalue weighted by atomic mass is 9.92. The van der Waals surface area contributed by atoms with Crippen molar-refractivity contribution in [1.29, 1.82) is 0 Å². The van der Waals surface area contributed by atoms with Gasteiger partial charge in [0, 0.05) is 5.02 Å². The van der Waals surface area contributed by atoms with Gasteiger partial charge in [0.1, 0.15) is 6.10 Å². The summed E-state index contributed by atoms with van der Waals surface area (Å²) in [7, 11) is 0. The number of epoxide rings is 1. The van der Waals surface area contributed by atoms with Gasteiger partial charge < -0.3 is 4.74 Å². The summed E-state index contributed by atoms with van der Waals surface area (Å²) in [4.78, 5) is 0. The predicted octanol–water partition coefficient (Wildman–Crippen LogP) is 2.73. The number of hydrogen-bond acceptors (Lipinski definition) is 1. The topological polar surface area (TPSA) is 12.5 Å². The van der Waals surface area contributed by atoms with Crippen LogP contribution in [0.4, 0.5) is 0 Å². The summed E-state index contributed by atoms with van der Waals surface area (Å²) in [5.74, 6) is 0. The van der Waals surface area contributed by atoms with Crippen LogP contribution in [-0.2, 0) is 11.2 Å². The van der Waals surface area contributed by atoms with E-state index in [0.717, 1.165) is 11.4 Å². The van der Waals surface area contributed by atoms with Crippen molar-refractivity contribution in [3.8, 4) is 0 Å². The first-order chi connectivity index (χ1) is 5.84. The van der Waals surface area contributed by atoms with E-state index in [-0.39, 0.29) is 0 Å². The van der Waals surface area contributed by atoms with Crippen molar-refractivity contribution in [2.45, 2.75) is 25.0 Å². The van der Waals surface area contributed by atoms with Crippen molar-refractivity contribution in [2.75, 3.05) is 0 Å². The van der Waals surface area contributed by atoms with Crippen LogP contribution in [0.3, 0.4) is 0 Å². The molecule has 1 aromatic rings. The van der Waals surface area contributed by atoms with Gasteiger partial charge in [-0.05, 0) is 36.1 Å². The highest BCUT2D eigenvalue weighted by atomic mass is 35.5. The number of hydrogen-bond donors (Lipinski definition) is 0. The van der Waals surface area contributed by atoms with E-state index in [9.17, 15) is 0 Å². The molecule has 0 bridgehead atoms. The number of rotatable bonds is 0. The molecule has 2 atom stereocenters. The highest BCUT2D eigenvalue weighted by Gasteiger charge is 2.43. The fourth-order valence-electron chi connectivity index (χ4n) is 1.99. The zero-order chi connectivity index (χ0) is 8.13. The van der Waals surface area contributed by atoms with Crippen LogP contribution >= 0.6 is 11.6 Å². The summed E-state index contributed by atoms with van der Waals surface area (Å²) < 4.78 is 5.50. The van der Waals surface area contributed by atoms with Crippen molar-refractivity contribution in [3.05, 3.63) is 34.3 Å². The van der Waals surface area contributed by atoms with E-state index >= 15 is 0 Å². The second kappa shape index (κ2) is 2.24. The molecule has 12 heavy (non-hydrogen) atoms. The molecule has 0 radical (unpaired) electrons. The van der Waals surface area contributed by atoms with Gasteiger partial charge in [-0.3, -0.25) is 0 Å². The molecule has 2 aliphatic rings. The standard InChI is InChI=1S/C10H9ClO/c11-7-3-1-6-2-4-9-10(12-9)8(6)5-7/h1,3,5,9-10H,2,4H2/t9-,10+/m0/s1. The predicted molar refractivity (Wildman–Crippen MR) is 47.4 cm³/mol. The van der Waals surface area contributed by atoms with Crippen molar-refractivity contribution >= 4 is 11.6 Å². The van der Waals surface area contributed by atoms with E-state index in [1.54, 1.807) is 0 Å². The van der Waals surface area contributed by atoms with Gasteiger partial charge in [0.2, 0.25) is 0 Å². The summed E-state index contributed by atoms with van der Waals surface area (Å²) in [6.07, 6.45) is 3.19. The van der Waals surface area contributed by atoms with Crippen LogP contribution in [0.25, 0.3) is 0 Å². The minimum absolute atomic E-state index is 0.368. The Labute approximate surface area is 76.3 Å². The third-order valence-corrected chi connectivity index (χ3v) is 2.93. The first-order valence-electron chi connectivity index (χ1n) is 4.28. The third-order valence-electron chi connectivity index (χ3n) is 2.70. The second-order valence-corrected chi connectivity index (χ2v) is 3.91. The van der Waals surface area contributed by atoms with E-state index in [4.69, 9.17) is 16.3 Å². The van der Waals surface area contributed by atoms with Gasteiger partial charge in [0.25, 0.3) is 0 Å². The van der Waals surface area contributed by atoms with Crippen LogP contribution in [0.15, 0.2) is 18.2 Å². The Balaban J connectivity index is 2.14. The van der Waals surface area contributed by atoms with Gasteiger partial charge in [-0.25, -0.2) is 0 Å². The maximum atomic E-state index is 5.90. The summed E-state index contributed by atoms with van der Waals surface area (Å²) in [5.41, 5.74) is 2.73. The molecule has 0 amide bonds. The first kappa shape index (κ1) is 6.93. The summed E-state index contributed by atoms with van der Waals surface area (Å²) in [5, 5.41) is 0.824. The summed E-state index contributed by atoms with van der Waals surface area (Å²) >= 11 is 5.90. The molecule has 1 aromatic carbocycles. The summed E-state index contributed by atoms with van der Waals surface area (Å²) in [6.45, 7) is 0. The van der Waals surface area contributed by atoms with E-state index in [0.29, 0.717) is 12.2 Å². The molecule has 2 heteroatoms. The van der Waals surface area contributed by atoms with Crippen molar-refractivity contribution < 1.29 is 4.74 Å². The highest BCUT2D eigenvalue weighted by molar-refractivity contribution is 6.30. The monoisotopic (exact) mass is 180 g/mol. The highest BCUT2D eigenvalue weighted by Crippen LogP contribution is 2.47. The molecule has 0 saturated carbocycles. The van der Waals surface area contributed by atoms with Crippen LogP contribution in [0.2, 0.25) is 5.02 Å². The molecule has 0 aromatic heterocycles. The van der Waals surface area contributed by atoms with Crippen molar-refractivity contribution in [3.63, 3.8) is 0 Å². The lowest BCUT2D eigenvalue weighted by Gasteiger charge is -2.11. The zero-order valence-corrected chi connectivity index (χ0v) is 7.34. The molecule has 0 spiro atoms. The molecular weight excluding hydrogens is 172 g/mol. The Kier molecular flexibility index (Phi) is 1.29. The number of aryl methyl sites for hydroxylation is 1. The Bertz CT molecular complexity index is 335. The van der Waals surface area contributed by atoms with Crippen LogP contribution in [0.5, 0.6) is 0 Å². The molecule has 1 saturated heterocycles. The van der Waals surface area contributed by atoms with Crippen LogP contribution in [-0.4, -0.2) is 6.10 Å². The Morgan fingerprint density at radius 2 is 2.33 bits per heavy atom. The lowest BCUT2D eigenvalue weighted by molar-refractivity contribution is 0.373. The minimum Gasteiger partial charge on any atom is -0.364 e. The van der Waals surface area contributed by atoms with Crippen molar-refractivity contribution in [1.82, 2.24) is 0 Å². The average molecular weight is 181 g/mol. The maximum Gasteiger partial charge on any atom is 0.109 e. The smallest absolute Gasteiger partial charge is 0.109 e. The second-order valence-electron chi connectivity index (χ2n) is 3.48. The molecular formula is C10H9ClO. The Morgan fingerprint density at radius 1 is 1.42 bits per heavy atom. The van der Waals surface area contributed by atoms with Crippen LogP contribution in [0, 0.1) is 0 Å². The minimum atomic E-state index is 0.368. The molecule has 1 heterocycles. The summed E-state index contributed by atoms with van der Waals surface area (Å²) in [6, 6.07) is 6.12. The lowest BCUT2D eigenvalue weighted by Crippen LogP contribution is -2.03. The fraction of sp³-hybridized carbons (Fsp3) is 0.400.